The average molecular weight is 168 g/mol. The Hall–Kier alpha value is -0.830. The largest absolute Gasteiger partial charge is 0.505 e. The van der Waals surface area contributed by atoms with Gasteiger partial charge in [0.1, 0.15) is 0 Å². The van der Waals surface area contributed by atoms with E-state index in [2.05, 4.69) is 0 Å². The number of aliphatic hydroxyl groups excluding tert-OH is 2. The third-order valence-corrected chi connectivity index (χ3v) is 3.21. The minimum Gasteiger partial charge on any atom is -0.505 e. The van der Waals surface area contributed by atoms with Crippen LogP contribution in [0.3, 0.4) is 0 Å². The summed E-state index contributed by atoms with van der Waals surface area (Å²) in [6.07, 6.45) is 2.39. The molecule has 0 bridgehead atoms. The Bertz CT molecular complexity index is 269. The third-order valence-electron chi connectivity index (χ3n) is 3.21. The van der Waals surface area contributed by atoms with Crippen LogP contribution in [0.2, 0.25) is 0 Å². The zero-order valence-electron chi connectivity index (χ0n) is 6.95. The molecule has 2 aliphatic carbocycles. The topological polar surface area (TPSA) is 57.5 Å². The lowest BCUT2D eigenvalue weighted by atomic mass is 9.81. The Morgan fingerprint density at radius 1 is 1.58 bits per heavy atom. The Labute approximate surface area is 70.7 Å². The smallest absolute Gasteiger partial charge is 0.200 e. The minimum absolute atomic E-state index is 0.166. The average Bonchev–Trinajstić information content (AvgIpc) is 2.38. The maximum atomic E-state index is 11.3. The second-order valence-corrected chi connectivity index (χ2v) is 3.91. The van der Waals surface area contributed by atoms with E-state index in [4.69, 9.17) is 0 Å². The van der Waals surface area contributed by atoms with E-state index in [1.165, 1.54) is 6.08 Å². The molecule has 0 radical (unpaired) electrons. The van der Waals surface area contributed by atoms with Gasteiger partial charge in [-0.3, -0.25) is 4.79 Å². The number of fused-ring (bicyclic) bond motifs is 1. The number of Topliss-reactive ketones (excluding diaryl/α,β-unsaturated/α-hetero) is 1. The predicted molar refractivity (Wildman–Crippen MR) is 42.6 cm³/mol. The van der Waals surface area contributed by atoms with Gasteiger partial charge in [-0.2, -0.15) is 0 Å². The fourth-order valence-corrected chi connectivity index (χ4v) is 2.33. The first kappa shape index (κ1) is 7.80. The first-order valence-electron chi connectivity index (χ1n) is 4.20. The van der Waals surface area contributed by atoms with E-state index in [1.807, 2.05) is 6.92 Å². The standard InChI is InChI=1S/C9H12O3/c1-9-4-6(10)8(12)5(9)2-3-7(9)11/h4-5,7,10-11H,2-3H2,1H3/t5-,7+,9+/m0/s1. The van der Waals surface area contributed by atoms with Crippen LogP contribution in [0.25, 0.3) is 0 Å². The molecule has 0 aromatic heterocycles. The molecule has 3 atom stereocenters. The summed E-state index contributed by atoms with van der Waals surface area (Å²) in [5.41, 5.74) is -0.499. The molecule has 2 N–H and O–H groups in total. The fourth-order valence-electron chi connectivity index (χ4n) is 2.33. The number of allylic oxidation sites excluding steroid dienone is 1. The van der Waals surface area contributed by atoms with Crippen LogP contribution < -0.4 is 0 Å². The zero-order valence-corrected chi connectivity index (χ0v) is 6.95. The van der Waals surface area contributed by atoms with Crippen LogP contribution in [0.1, 0.15) is 19.8 Å². The molecule has 12 heavy (non-hydrogen) atoms. The monoisotopic (exact) mass is 168 g/mol. The van der Waals surface area contributed by atoms with Crippen molar-refractivity contribution >= 4 is 5.78 Å². The first-order valence-corrected chi connectivity index (χ1v) is 4.20. The molecular formula is C9H12O3. The Morgan fingerprint density at radius 3 is 2.83 bits per heavy atom. The van der Waals surface area contributed by atoms with Gasteiger partial charge < -0.3 is 10.2 Å². The number of hydrogen-bond donors (Lipinski definition) is 2. The van der Waals surface area contributed by atoms with Gasteiger partial charge in [-0.05, 0) is 18.9 Å². The van der Waals surface area contributed by atoms with Crippen molar-refractivity contribution in [3.8, 4) is 0 Å². The van der Waals surface area contributed by atoms with Gasteiger partial charge in [0.2, 0.25) is 5.78 Å². The molecule has 2 aliphatic rings. The normalized spacial score (nSPS) is 46.2. The van der Waals surface area contributed by atoms with Crippen LogP contribution in [0, 0.1) is 11.3 Å². The van der Waals surface area contributed by atoms with Crippen LogP contribution in [0.15, 0.2) is 11.8 Å². The van der Waals surface area contributed by atoms with E-state index < -0.39 is 11.5 Å². The maximum absolute atomic E-state index is 11.3. The van der Waals surface area contributed by atoms with Gasteiger partial charge in [-0.25, -0.2) is 0 Å². The van der Waals surface area contributed by atoms with Gasteiger partial charge in [-0.1, -0.05) is 6.92 Å². The molecule has 0 amide bonds. The molecule has 0 saturated heterocycles. The highest BCUT2D eigenvalue weighted by Gasteiger charge is 2.53. The second-order valence-electron chi connectivity index (χ2n) is 3.91. The Morgan fingerprint density at radius 2 is 2.25 bits per heavy atom. The Kier molecular flexibility index (Phi) is 1.37. The summed E-state index contributed by atoms with van der Waals surface area (Å²) in [5.74, 6) is -0.553. The van der Waals surface area contributed by atoms with E-state index in [-0.39, 0.29) is 17.5 Å². The predicted octanol–water partition coefficient (Wildman–Crippen LogP) is 0.788. The highest BCUT2D eigenvalue weighted by atomic mass is 16.3. The number of hydrogen-bond acceptors (Lipinski definition) is 3. The lowest BCUT2D eigenvalue weighted by Crippen LogP contribution is -2.29. The number of carbonyl (C=O) groups is 1. The molecule has 1 saturated carbocycles. The molecule has 0 aliphatic heterocycles. The zero-order chi connectivity index (χ0) is 8.93. The van der Waals surface area contributed by atoms with Crippen LogP contribution in [0.5, 0.6) is 0 Å². The van der Waals surface area contributed by atoms with Gasteiger partial charge in [-0.15, -0.1) is 0 Å². The molecule has 0 spiro atoms. The lowest BCUT2D eigenvalue weighted by Gasteiger charge is -2.24. The van der Waals surface area contributed by atoms with E-state index >= 15 is 0 Å². The third kappa shape index (κ3) is 0.719. The van der Waals surface area contributed by atoms with Gasteiger partial charge in [0.05, 0.1) is 6.10 Å². The fraction of sp³-hybridized carbons (Fsp3) is 0.667. The molecule has 0 aromatic carbocycles. The van der Waals surface area contributed by atoms with Crippen LogP contribution in [-0.4, -0.2) is 22.1 Å². The van der Waals surface area contributed by atoms with Crippen LogP contribution in [0.4, 0.5) is 0 Å². The van der Waals surface area contributed by atoms with Crippen molar-refractivity contribution in [2.75, 3.05) is 0 Å². The molecule has 0 aromatic rings. The number of ketones is 1. The second kappa shape index (κ2) is 2.10. The first-order chi connectivity index (χ1) is 5.55. The summed E-state index contributed by atoms with van der Waals surface area (Å²) in [4.78, 5) is 11.3. The van der Waals surface area contributed by atoms with Crippen molar-refractivity contribution in [1.29, 1.82) is 0 Å². The lowest BCUT2D eigenvalue weighted by molar-refractivity contribution is -0.122. The molecular weight excluding hydrogens is 156 g/mol. The molecule has 66 valence electrons. The van der Waals surface area contributed by atoms with Crippen molar-refractivity contribution in [3.05, 3.63) is 11.8 Å². The van der Waals surface area contributed by atoms with Crippen molar-refractivity contribution < 1.29 is 15.0 Å². The highest BCUT2D eigenvalue weighted by molar-refractivity contribution is 5.98. The van der Waals surface area contributed by atoms with Crippen LogP contribution >= 0.6 is 0 Å². The van der Waals surface area contributed by atoms with E-state index in [9.17, 15) is 15.0 Å². The molecule has 0 heterocycles. The summed E-state index contributed by atoms with van der Waals surface area (Å²) < 4.78 is 0. The number of aliphatic hydroxyl groups is 2. The molecule has 3 heteroatoms. The van der Waals surface area contributed by atoms with Crippen molar-refractivity contribution in [2.45, 2.75) is 25.9 Å². The minimum atomic E-state index is -0.499. The summed E-state index contributed by atoms with van der Waals surface area (Å²) in [5, 5.41) is 18.8. The van der Waals surface area contributed by atoms with Gasteiger partial charge in [0.15, 0.2) is 5.76 Å². The summed E-state index contributed by atoms with van der Waals surface area (Å²) in [6.45, 7) is 1.83. The number of rotatable bonds is 0. The van der Waals surface area contributed by atoms with Crippen molar-refractivity contribution in [3.63, 3.8) is 0 Å². The van der Waals surface area contributed by atoms with E-state index in [0.717, 1.165) is 0 Å². The summed E-state index contributed by atoms with van der Waals surface area (Å²) in [7, 11) is 0. The van der Waals surface area contributed by atoms with Gasteiger partial charge in [0, 0.05) is 11.3 Å². The quantitative estimate of drug-likeness (QED) is 0.562. The Balaban J connectivity index is 2.42. The van der Waals surface area contributed by atoms with Gasteiger partial charge >= 0.3 is 0 Å². The van der Waals surface area contributed by atoms with Gasteiger partial charge in [0.25, 0.3) is 0 Å². The molecule has 3 nitrogen and oxygen atoms in total. The summed E-state index contributed by atoms with van der Waals surface area (Å²) in [6, 6.07) is 0. The van der Waals surface area contributed by atoms with Crippen molar-refractivity contribution in [1.82, 2.24) is 0 Å². The van der Waals surface area contributed by atoms with Crippen LogP contribution in [-0.2, 0) is 4.79 Å². The van der Waals surface area contributed by atoms with E-state index in [1.54, 1.807) is 0 Å². The summed E-state index contributed by atoms with van der Waals surface area (Å²) >= 11 is 0. The molecule has 1 fully saturated rings. The number of carbonyl (C=O) groups excluding carboxylic acids is 1. The highest BCUT2D eigenvalue weighted by Crippen LogP contribution is 2.49. The SMILES string of the molecule is C[C@@]12C=C(O)C(=O)[C@@H]1CC[C@H]2O. The van der Waals surface area contributed by atoms with E-state index in [0.29, 0.717) is 12.8 Å². The molecule has 2 rings (SSSR count). The van der Waals surface area contributed by atoms with Crippen molar-refractivity contribution in [2.24, 2.45) is 11.3 Å². The molecule has 0 unspecified atom stereocenters. The maximum Gasteiger partial charge on any atom is 0.200 e.